The van der Waals surface area contributed by atoms with Gasteiger partial charge in [-0.15, -0.1) is 0 Å². The van der Waals surface area contributed by atoms with Crippen molar-refractivity contribution in [3.8, 4) is 0 Å². The zero-order valence-electron chi connectivity index (χ0n) is 14.5. The third-order valence-corrected chi connectivity index (χ3v) is 5.01. The first-order valence-electron chi connectivity index (χ1n) is 8.28. The van der Waals surface area contributed by atoms with Gasteiger partial charge in [-0.2, -0.15) is 0 Å². The van der Waals surface area contributed by atoms with Gasteiger partial charge in [0.1, 0.15) is 5.71 Å². The van der Waals surface area contributed by atoms with E-state index in [1.807, 2.05) is 31.5 Å². The number of carbonyl (C=O) groups is 1. The number of carbonyl (C=O) groups excluding carboxylic acids is 1. The van der Waals surface area contributed by atoms with Gasteiger partial charge < -0.3 is 4.90 Å². The molecule has 0 saturated carbocycles. The van der Waals surface area contributed by atoms with Gasteiger partial charge in [0.05, 0.1) is 0 Å². The lowest BCUT2D eigenvalue weighted by molar-refractivity contribution is -0.108. The quantitative estimate of drug-likeness (QED) is 0.801. The SMILES string of the molecule is CN1/C(=C/N=C2\C(=O)C=Cc3ccncc32)C(C)(C)c2ccccc21. The van der Waals surface area contributed by atoms with Crippen molar-refractivity contribution in [2.45, 2.75) is 19.3 Å². The summed E-state index contributed by atoms with van der Waals surface area (Å²) in [5.41, 5.74) is 5.53. The Morgan fingerprint density at radius 1 is 1.16 bits per heavy atom. The van der Waals surface area contributed by atoms with Crippen molar-refractivity contribution >= 4 is 23.3 Å². The summed E-state index contributed by atoms with van der Waals surface area (Å²) in [6, 6.07) is 10.2. The van der Waals surface area contributed by atoms with E-state index in [1.165, 1.54) is 11.3 Å². The van der Waals surface area contributed by atoms with E-state index in [1.54, 1.807) is 18.5 Å². The Labute approximate surface area is 147 Å². The minimum atomic E-state index is -0.166. The number of hydrogen-bond donors (Lipinski definition) is 0. The van der Waals surface area contributed by atoms with E-state index in [4.69, 9.17) is 0 Å². The third kappa shape index (κ3) is 2.33. The number of hydrogen-bond acceptors (Lipinski definition) is 4. The zero-order chi connectivity index (χ0) is 17.6. The molecule has 25 heavy (non-hydrogen) atoms. The Morgan fingerprint density at radius 2 is 1.96 bits per heavy atom. The highest BCUT2D eigenvalue weighted by Gasteiger charge is 2.38. The van der Waals surface area contributed by atoms with E-state index in [0.29, 0.717) is 5.71 Å². The molecule has 0 fully saturated rings. The topological polar surface area (TPSA) is 45.6 Å². The van der Waals surface area contributed by atoms with E-state index in [0.717, 1.165) is 16.8 Å². The molecule has 0 bridgehead atoms. The summed E-state index contributed by atoms with van der Waals surface area (Å²) in [5.74, 6) is -0.0895. The van der Waals surface area contributed by atoms with Gasteiger partial charge >= 0.3 is 0 Å². The van der Waals surface area contributed by atoms with Crippen LogP contribution in [0.5, 0.6) is 0 Å². The Kier molecular flexibility index (Phi) is 3.42. The van der Waals surface area contributed by atoms with E-state index >= 15 is 0 Å². The lowest BCUT2D eigenvalue weighted by atomic mass is 9.84. The number of ketones is 1. The number of aromatic nitrogens is 1. The number of aliphatic imine (C=N–C) groups is 1. The summed E-state index contributed by atoms with van der Waals surface area (Å²) in [4.78, 5) is 23.2. The maximum absolute atomic E-state index is 12.3. The number of nitrogens with zero attached hydrogens (tertiary/aromatic N) is 3. The number of fused-ring (bicyclic) bond motifs is 2. The third-order valence-electron chi connectivity index (χ3n) is 5.01. The molecule has 0 spiro atoms. The molecule has 1 aromatic carbocycles. The van der Waals surface area contributed by atoms with Crippen LogP contribution in [0.1, 0.15) is 30.5 Å². The normalized spacial score (nSPS) is 20.9. The van der Waals surface area contributed by atoms with Crippen molar-refractivity contribution in [3.63, 3.8) is 0 Å². The number of rotatable bonds is 1. The molecule has 0 atom stereocenters. The van der Waals surface area contributed by atoms with Crippen LogP contribution in [0.2, 0.25) is 0 Å². The van der Waals surface area contributed by atoms with Crippen LogP contribution >= 0.6 is 0 Å². The van der Waals surface area contributed by atoms with Gasteiger partial charge in [-0.05, 0) is 29.3 Å². The van der Waals surface area contributed by atoms with Gasteiger partial charge in [0, 0.05) is 48.0 Å². The molecular weight excluding hydrogens is 310 g/mol. The molecule has 0 amide bonds. The summed E-state index contributed by atoms with van der Waals surface area (Å²) in [5, 5.41) is 0. The second kappa shape index (κ2) is 5.52. The highest BCUT2D eigenvalue weighted by Crippen LogP contribution is 2.46. The van der Waals surface area contributed by atoms with Gasteiger partial charge in [-0.3, -0.25) is 14.8 Å². The Morgan fingerprint density at radius 3 is 2.76 bits per heavy atom. The molecule has 4 heteroatoms. The van der Waals surface area contributed by atoms with Crippen molar-refractivity contribution in [1.82, 2.24) is 4.98 Å². The first-order valence-corrected chi connectivity index (χ1v) is 8.28. The molecule has 2 aliphatic rings. The van der Waals surface area contributed by atoms with Crippen LogP contribution in [0.25, 0.3) is 6.08 Å². The monoisotopic (exact) mass is 329 g/mol. The minimum Gasteiger partial charge on any atom is -0.346 e. The molecule has 4 nitrogen and oxygen atoms in total. The number of likely N-dealkylation sites (N-methyl/N-ethyl adjacent to an activating group) is 1. The largest absolute Gasteiger partial charge is 0.346 e. The van der Waals surface area contributed by atoms with Crippen LogP contribution in [0.15, 0.2) is 65.7 Å². The number of benzene rings is 1. The predicted octanol–water partition coefficient (Wildman–Crippen LogP) is 3.74. The number of allylic oxidation sites excluding steroid dienone is 2. The maximum atomic E-state index is 12.3. The average Bonchev–Trinajstić information content (AvgIpc) is 2.81. The Balaban J connectivity index is 1.81. The average molecular weight is 329 g/mol. The van der Waals surface area contributed by atoms with Crippen LogP contribution in [-0.4, -0.2) is 23.5 Å². The fourth-order valence-electron chi connectivity index (χ4n) is 3.61. The summed E-state index contributed by atoms with van der Waals surface area (Å²) in [7, 11) is 2.04. The van der Waals surface area contributed by atoms with Gasteiger partial charge in [0.25, 0.3) is 0 Å². The molecule has 2 aromatic rings. The highest BCUT2D eigenvalue weighted by atomic mass is 16.1. The van der Waals surface area contributed by atoms with Crippen LogP contribution in [0, 0.1) is 0 Å². The highest BCUT2D eigenvalue weighted by molar-refractivity contribution is 6.52. The molecule has 2 heterocycles. The van der Waals surface area contributed by atoms with Crippen LogP contribution in [0.3, 0.4) is 0 Å². The van der Waals surface area contributed by atoms with Crippen molar-refractivity contribution in [2.24, 2.45) is 4.99 Å². The fraction of sp³-hybridized carbons (Fsp3) is 0.190. The fourth-order valence-corrected chi connectivity index (χ4v) is 3.61. The first kappa shape index (κ1) is 15.5. The molecule has 0 radical (unpaired) electrons. The van der Waals surface area contributed by atoms with E-state index in [-0.39, 0.29) is 11.2 Å². The number of para-hydroxylation sites is 1. The Bertz CT molecular complexity index is 967. The van der Waals surface area contributed by atoms with Gasteiger partial charge in [0.15, 0.2) is 0 Å². The standard InChI is InChI=1S/C21H19N3O/c1-21(2)16-6-4-5-7-17(16)24(3)19(21)13-23-20-15-12-22-11-10-14(15)8-9-18(20)25/h4-13H,1-3H3/b19-13+,23-20-. The van der Waals surface area contributed by atoms with Crippen molar-refractivity contribution in [1.29, 1.82) is 0 Å². The van der Waals surface area contributed by atoms with Crippen molar-refractivity contribution < 1.29 is 4.79 Å². The summed E-state index contributed by atoms with van der Waals surface area (Å²) < 4.78 is 0. The second-order valence-electron chi connectivity index (χ2n) is 6.85. The van der Waals surface area contributed by atoms with E-state index in [9.17, 15) is 4.79 Å². The molecule has 1 aromatic heterocycles. The maximum Gasteiger partial charge on any atom is 0.204 e. The zero-order valence-corrected chi connectivity index (χ0v) is 14.5. The molecule has 1 aliphatic carbocycles. The van der Waals surface area contributed by atoms with Gasteiger partial charge in [-0.25, -0.2) is 0 Å². The van der Waals surface area contributed by atoms with Gasteiger partial charge in [0.2, 0.25) is 5.78 Å². The molecular formula is C21H19N3O. The number of pyridine rings is 1. The molecule has 0 saturated heterocycles. The van der Waals surface area contributed by atoms with E-state index in [2.05, 4.69) is 46.9 Å². The summed E-state index contributed by atoms with van der Waals surface area (Å²) >= 11 is 0. The second-order valence-corrected chi connectivity index (χ2v) is 6.85. The van der Waals surface area contributed by atoms with E-state index < -0.39 is 0 Å². The lowest BCUT2D eigenvalue weighted by Gasteiger charge is -2.23. The molecule has 1 aliphatic heterocycles. The lowest BCUT2D eigenvalue weighted by Crippen LogP contribution is -2.23. The Hall–Kier alpha value is -3.01. The minimum absolute atomic E-state index is 0.0895. The smallest absolute Gasteiger partial charge is 0.204 e. The molecule has 4 rings (SSSR count). The molecule has 0 unspecified atom stereocenters. The number of anilines is 1. The molecule has 0 N–H and O–H groups in total. The molecule has 124 valence electrons. The van der Waals surface area contributed by atoms with Crippen LogP contribution in [0.4, 0.5) is 5.69 Å². The summed E-state index contributed by atoms with van der Waals surface area (Å²) in [6.45, 7) is 4.36. The first-order chi connectivity index (χ1) is 12.0. The van der Waals surface area contributed by atoms with Gasteiger partial charge in [-0.1, -0.05) is 38.1 Å². The van der Waals surface area contributed by atoms with Crippen LogP contribution in [-0.2, 0) is 10.2 Å². The summed E-state index contributed by atoms with van der Waals surface area (Å²) in [6.07, 6.45) is 8.62. The van der Waals surface area contributed by atoms with Crippen molar-refractivity contribution in [2.75, 3.05) is 11.9 Å². The van der Waals surface area contributed by atoms with Crippen LogP contribution < -0.4 is 4.90 Å². The predicted molar refractivity (Wildman–Crippen MR) is 101 cm³/mol. The van der Waals surface area contributed by atoms with Crippen molar-refractivity contribution in [3.05, 3.63) is 77.4 Å².